The van der Waals surface area contributed by atoms with Crippen LogP contribution in [-0.4, -0.2) is 72.9 Å². The zero-order valence-electron chi connectivity index (χ0n) is 27.8. The van der Waals surface area contributed by atoms with E-state index in [1.165, 1.54) is 31.6 Å². The zero-order valence-corrected chi connectivity index (χ0v) is 28.6. The Balaban J connectivity index is 1.06. The second kappa shape index (κ2) is 14.5. The maximum absolute atomic E-state index is 13.6. The van der Waals surface area contributed by atoms with Crippen LogP contribution in [0.2, 0.25) is 0 Å². The van der Waals surface area contributed by atoms with E-state index in [4.69, 9.17) is 14.2 Å². The van der Waals surface area contributed by atoms with Gasteiger partial charge in [-0.05, 0) is 63.3 Å². The van der Waals surface area contributed by atoms with Crippen molar-refractivity contribution >= 4 is 33.4 Å². The summed E-state index contributed by atoms with van der Waals surface area (Å²) in [6.45, 7) is 3.07. The highest BCUT2D eigenvalue weighted by atomic mass is 32.1. The third-order valence-electron chi connectivity index (χ3n) is 9.42. The largest absolute Gasteiger partial charge is 0.493 e. The highest BCUT2D eigenvalue weighted by Gasteiger charge is 2.40. The molecule has 15 heteroatoms. The maximum atomic E-state index is 13.6. The highest BCUT2D eigenvalue weighted by molar-refractivity contribution is 7.18. The van der Waals surface area contributed by atoms with E-state index in [1.807, 2.05) is 6.92 Å². The van der Waals surface area contributed by atoms with Gasteiger partial charge in [0.15, 0.2) is 17.2 Å². The Bertz CT molecular complexity index is 1700. The third kappa shape index (κ3) is 8.26. The summed E-state index contributed by atoms with van der Waals surface area (Å²) in [6.07, 6.45) is 1.43. The number of hydrogen-bond acceptors (Lipinski definition) is 10. The molecule has 0 spiro atoms. The maximum Gasteiger partial charge on any atom is 0.418 e. The molecule has 2 saturated heterocycles. The molecule has 1 aromatic heterocycles. The van der Waals surface area contributed by atoms with Gasteiger partial charge in [-0.2, -0.15) is 23.4 Å². The quantitative estimate of drug-likeness (QED) is 0.184. The lowest BCUT2D eigenvalue weighted by Crippen LogP contribution is -2.56. The number of aromatic nitrogens is 1. The lowest BCUT2D eigenvalue weighted by Gasteiger charge is -2.48. The molecule has 6 rings (SSSR count). The van der Waals surface area contributed by atoms with Crippen molar-refractivity contribution in [3.63, 3.8) is 0 Å². The van der Waals surface area contributed by atoms with E-state index in [0.29, 0.717) is 64.9 Å². The van der Waals surface area contributed by atoms with Gasteiger partial charge >= 0.3 is 6.18 Å². The number of methoxy groups -OCH3 is 2. The number of ether oxygens (including phenoxy) is 3. The summed E-state index contributed by atoms with van der Waals surface area (Å²) < 4.78 is 58.3. The van der Waals surface area contributed by atoms with Gasteiger partial charge in [-0.1, -0.05) is 12.5 Å². The summed E-state index contributed by atoms with van der Waals surface area (Å²) in [7, 11) is 2.99. The average Bonchev–Trinajstić information content (AvgIpc) is 3.65. The number of thiazole rings is 1. The summed E-state index contributed by atoms with van der Waals surface area (Å²) in [5.74, 6) is 0.762. The molecular formula is C34H41F3N6O5S. The SMILES string of the molecule is COc1cc(C(=O)NC2CC3CCCC(C2)N3Cc2nc3c(C(F)(F)F)cccc3s2)cc(OCCCNC(=O)CCC2(C)N=N2)c1OC. The Morgan fingerprint density at radius 1 is 1.08 bits per heavy atom. The fraction of sp³-hybridized carbons (Fsp3) is 0.559. The fourth-order valence-electron chi connectivity index (χ4n) is 6.84. The van der Waals surface area contributed by atoms with Gasteiger partial charge in [0.2, 0.25) is 11.7 Å². The van der Waals surface area contributed by atoms with Gasteiger partial charge in [-0.15, -0.1) is 11.3 Å². The van der Waals surface area contributed by atoms with Crippen molar-refractivity contribution in [1.29, 1.82) is 0 Å². The predicted octanol–water partition coefficient (Wildman–Crippen LogP) is 6.50. The number of halogens is 3. The zero-order chi connectivity index (χ0) is 34.8. The number of nitrogens with one attached hydrogen (secondary N) is 2. The van der Waals surface area contributed by atoms with Crippen molar-refractivity contribution < 1.29 is 37.0 Å². The van der Waals surface area contributed by atoms with E-state index in [0.717, 1.165) is 38.2 Å². The van der Waals surface area contributed by atoms with Crippen LogP contribution in [0, 0.1) is 0 Å². The first-order chi connectivity index (χ1) is 23.5. The first-order valence-electron chi connectivity index (χ1n) is 16.6. The Morgan fingerprint density at radius 3 is 2.49 bits per heavy atom. The Kier molecular flexibility index (Phi) is 10.3. The van der Waals surface area contributed by atoms with Gasteiger partial charge in [0.25, 0.3) is 5.91 Å². The number of piperidine rings is 2. The topological polar surface area (TPSA) is 127 Å². The molecule has 4 heterocycles. The van der Waals surface area contributed by atoms with Crippen LogP contribution < -0.4 is 24.8 Å². The molecule has 2 fully saturated rings. The van der Waals surface area contributed by atoms with E-state index in [-0.39, 0.29) is 42.1 Å². The molecule has 0 saturated carbocycles. The van der Waals surface area contributed by atoms with Crippen molar-refractivity contribution in [3.8, 4) is 17.2 Å². The van der Waals surface area contributed by atoms with Crippen LogP contribution in [0.3, 0.4) is 0 Å². The molecule has 49 heavy (non-hydrogen) atoms. The number of benzene rings is 2. The summed E-state index contributed by atoms with van der Waals surface area (Å²) in [5.41, 5.74) is -0.732. The Hall–Kier alpha value is -3.98. The molecule has 3 aliphatic rings. The van der Waals surface area contributed by atoms with E-state index in [1.54, 1.807) is 18.2 Å². The van der Waals surface area contributed by atoms with E-state index in [9.17, 15) is 22.8 Å². The monoisotopic (exact) mass is 702 g/mol. The Labute approximate surface area is 286 Å². The van der Waals surface area contributed by atoms with Crippen molar-refractivity contribution in [2.75, 3.05) is 27.4 Å². The summed E-state index contributed by atoms with van der Waals surface area (Å²) in [6, 6.07) is 7.74. The molecule has 2 aromatic carbocycles. The summed E-state index contributed by atoms with van der Waals surface area (Å²) >= 11 is 1.31. The van der Waals surface area contributed by atoms with Crippen LogP contribution in [0.4, 0.5) is 13.2 Å². The van der Waals surface area contributed by atoms with Crippen LogP contribution >= 0.6 is 11.3 Å². The molecule has 2 bridgehead atoms. The lowest BCUT2D eigenvalue weighted by atomic mass is 9.81. The highest BCUT2D eigenvalue weighted by Crippen LogP contribution is 2.41. The number of fused-ring (bicyclic) bond motifs is 3. The van der Waals surface area contributed by atoms with Crippen LogP contribution in [-0.2, 0) is 17.5 Å². The number of nitrogens with zero attached hydrogens (tertiary/aromatic N) is 4. The van der Waals surface area contributed by atoms with Crippen LogP contribution in [0.15, 0.2) is 40.6 Å². The number of alkyl halides is 3. The predicted molar refractivity (Wildman–Crippen MR) is 177 cm³/mol. The molecule has 11 nitrogen and oxygen atoms in total. The number of rotatable bonds is 14. The van der Waals surface area contributed by atoms with E-state index < -0.39 is 17.4 Å². The van der Waals surface area contributed by atoms with Gasteiger partial charge in [0.1, 0.15) is 5.01 Å². The minimum Gasteiger partial charge on any atom is -0.493 e. The molecule has 2 amide bonds. The van der Waals surface area contributed by atoms with E-state index >= 15 is 0 Å². The summed E-state index contributed by atoms with van der Waals surface area (Å²) in [4.78, 5) is 32.5. The van der Waals surface area contributed by atoms with Crippen molar-refractivity contribution in [2.24, 2.45) is 10.2 Å². The smallest absolute Gasteiger partial charge is 0.418 e. The molecule has 2 unspecified atom stereocenters. The summed E-state index contributed by atoms with van der Waals surface area (Å²) in [5, 5.41) is 14.6. The van der Waals surface area contributed by atoms with Gasteiger partial charge in [-0.3, -0.25) is 14.5 Å². The first-order valence-corrected chi connectivity index (χ1v) is 17.4. The van der Waals surface area contributed by atoms with E-state index in [2.05, 4.69) is 30.7 Å². The van der Waals surface area contributed by atoms with Gasteiger partial charge < -0.3 is 24.8 Å². The van der Waals surface area contributed by atoms with Crippen molar-refractivity contribution in [3.05, 3.63) is 46.5 Å². The van der Waals surface area contributed by atoms with Crippen molar-refractivity contribution in [1.82, 2.24) is 20.5 Å². The Morgan fingerprint density at radius 2 is 1.82 bits per heavy atom. The molecule has 264 valence electrons. The molecule has 0 aliphatic carbocycles. The number of carbonyl (C=O) groups is 2. The molecule has 2 atom stereocenters. The normalized spacial score (nSPS) is 21.3. The van der Waals surface area contributed by atoms with Gasteiger partial charge in [0, 0.05) is 43.1 Å². The minimum absolute atomic E-state index is 0.00914. The molecule has 0 radical (unpaired) electrons. The first kappa shape index (κ1) is 34.9. The number of carbonyl (C=O) groups excluding carboxylic acids is 2. The standard InChI is InChI=1S/C34H41F3N6O5S/c1-33(41-42-33)12-11-28(44)38-13-6-14-48-26-16-20(15-25(46-2)31(26)47-3)32(45)39-21-17-22-7-4-8-23(18-21)43(22)19-29-40-30-24(34(35,36)37)9-5-10-27(30)49-29/h5,9-10,15-16,21-23H,4,6-8,11-14,17-19H2,1-3H3,(H,38,44)(H,39,45). The van der Waals surface area contributed by atoms with Crippen LogP contribution in [0.1, 0.15) is 79.2 Å². The fourth-order valence-corrected chi connectivity index (χ4v) is 7.85. The lowest BCUT2D eigenvalue weighted by molar-refractivity contribution is -0.136. The molecule has 3 aromatic rings. The third-order valence-corrected chi connectivity index (χ3v) is 10.4. The molecule has 3 aliphatic heterocycles. The van der Waals surface area contributed by atoms with Gasteiger partial charge in [0.05, 0.1) is 43.2 Å². The van der Waals surface area contributed by atoms with Crippen LogP contribution in [0.25, 0.3) is 10.2 Å². The number of amides is 2. The molecule has 2 N–H and O–H groups in total. The number of hydrogen-bond donors (Lipinski definition) is 2. The van der Waals surface area contributed by atoms with Crippen LogP contribution in [0.5, 0.6) is 17.2 Å². The average molecular weight is 703 g/mol. The second-order valence-corrected chi connectivity index (χ2v) is 14.1. The molecular weight excluding hydrogens is 661 g/mol. The van der Waals surface area contributed by atoms with Gasteiger partial charge in [-0.25, -0.2) is 4.98 Å². The minimum atomic E-state index is -4.46. The van der Waals surface area contributed by atoms with Crippen molar-refractivity contribution in [2.45, 2.75) is 94.8 Å². The number of para-hydroxylation sites is 1. The second-order valence-electron chi connectivity index (χ2n) is 13.0.